The number of imidazole rings is 1. The van der Waals surface area contributed by atoms with Crippen molar-refractivity contribution in [2.45, 2.75) is 61.1 Å². The Morgan fingerprint density at radius 2 is 1.97 bits per heavy atom. The molecule has 2 aliphatic rings. The highest BCUT2D eigenvalue weighted by Gasteiger charge is 2.30. The van der Waals surface area contributed by atoms with Crippen molar-refractivity contribution in [3.8, 4) is 0 Å². The molecule has 194 valence electrons. The van der Waals surface area contributed by atoms with Gasteiger partial charge in [0, 0.05) is 31.0 Å². The Morgan fingerprint density at radius 1 is 1.17 bits per heavy atom. The second kappa shape index (κ2) is 10.6. The van der Waals surface area contributed by atoms with Crippen LogP contribution in [0.2, 0.25) is 5.02 Å². The van der Waals surface area contributed by atoms with E-state index in [2.05, 4.69) is 6.92 Å². The predicted octanol–water partition coefficient (Wildman–Crippen LogP) is 5.86. The molecule has 3 aromatic rings. The minimum Gasteiger partial charge on any atom is -0.376 e. The van der Waals surface area contributed by atoms with Crippen LogP contribution in [0.25, 0.3) is 11.0 Å². The molecule has 0 aliphatic carbocycles. The maximum absolute atomic E-state index is 14.4. The monoisotopic (exact) mass is 555 g/mol. The van der Waals surface area contributed by atoms with E-state index < -0.39 is 21.7 Å². The fraction of sp³-hybridized carbons (Fsp3) is 0.480. The van der Waals surface area contributed by atoms with Crippen LogP contribution in [-0.2, 0) is 27.1 Å². The molecule has 2 aliphatic heterocycles. The third-order valence-corrected chi connectivity index (χ3v) is 10.1. The van der Waals surface area contributed by atoms with E-state index in [0.29, 0.717) is 42.8 Å². The summed E-state index contributed by atoms with van der Waals surface area (Å²) in [6.07, 6.45) is 3.76. The molecular formula is C25H28ClF2N3O3S2. The Hall–Kier alpha value is -1.72. The molecule has 2 saturated heterocycles. The molecule has 3 heterocycles. The minimum absolute atomic E-state index is 0.00879. The van der Waals surface area contributed by atoms with E-state index in [1.165, 1.54) is 11.8 Å². The summed E-state index contributed by atoms with van der Waals surface area (Å²) in [5.74, 6) is -0.863. The highest BCUT2D eigenvalue weighted by atomic mass is 35.5. The maximum Gasteiger partial charge on any atom is 0.243 e. The zero-order valence-electron chi connectivity index (χ0n) is 19.9. The molecule has 0 unspecified atom stereocenters. The molecule has 11 heteroatoms. The van der Waals surface area contributed by atoms with Crippen molar-refractivity contribution in [2.75, 3.05) is 19.7 Å². The Labute approximate surface area is 219 Å². The van der Waals surface area contributed by atoms with Crippen molar-refractivity contribution in [2.24, 2.45) is 5.92 Å². The van der Waals surface area contributed by atoms with Gasteiger partial charge >= 0.3 is 0 Å². The molecule has 2 atom stereocenters. The van der Waals surface area contributed by atoms with E-state index >= 15 is 0 Å². The number of benzene rings is 2. The summed E-state index contributed by atoms with van der Waals surface area (Å²) in [5, 5.41) is 0.329. The second-order valence-electron chi connectivity index (χ2n) is 9.51. The van der Waals surface area contributed by atoms with Crippen LogP contribution in [0.5, 0.6) is 0 Å². The number of nitrogens with zero attached hydrogens (tertiary/aromatic N) is 3. The van der Waals surface area contributed by atoms with Crippen LogP contribution in [0.1, 0.15) is 38.2 Å². The first kappa shape index (κ1) is 25.9. The van der Waals surface area contributed by atoms with E-state index in [-0.39, 0.29) is 27.3 Å². The van der Waals surface area contributed by atoms with Crippen LogP contribution < -0.4 is 0 Å². The quantitative estimate of drug-likeness (QED) is 0.270. The summed E-state index contributed by atoms with van der Waals surface area (Å²) in [7, 11) is -3.64. The van der Waals surface area contributed by atoms with Gasteiger partial charge in [0.05, 0.1) is 33.6 Å². The molecule has 1 aromatic heterocycles. The van der Waals surface area contributed by atoms with Gasteiger partial charge in [0.25, 0.3) is 0 Å². The third kappa shape index (κ3) is 5.15. The molecule has 2 aromatic carbocycles. The Morgan fingerprint density at radius 3 is 2.72 bits per heavy atom. The van der Waals surface area contributed by atoms with Gasteiger partial charge in [-0.1, -0.05) is 30.3 Å². The number of sulfonamides is 1. The normalized spacial score (nSPS) is 21.4. The number of fused-ring (bicyclic) bond motifs is 1. The Bertz CT molecular complexity index is 1380. The number of rotatable bonds is 7. The summed E-state index contributed by atoms with van der Waals surface area (Å²) in [4.78, 5) is 4.92. The summed E-state index contributed by atoms with van der Waals surface area (Å²) in [6.45, 7) is 4.32. The van der Waals surface area contributed by atoms with Crippen LogP contribution in [0.4, 0.5) is 8.78 Å². The highest BCUT2D eigenvalue weighted by Crippen LogP contribution is 2.34. The number of ether oxygens (including phenoxy) is 1. The van der Waals surface area contributed by atoms with E-state index in [9.17, 15) is 17.2 Å². The van der Waals surface area contributed by atoms with Gasteiger partial charge in [0.2, 0.25) is 10.0 Å². The van der Waals surface area contributed by atoms with Gasteiger partial charge in [-0.15, -0.1) is 0 Å². The molecule has 0 saturated carbocycles. The van der Waals surface area contributed by atoms with Crippen LogP contribution >= 0.6 is 23.4 Å². The van der Waals surface area contributed by atoms with Crippen molar-refractivity contribution >= 4 is 44.4 Å². The molecule has 6 nitrogen and oxygen atoms in total. The topological polar surface area (TPSA) is 64.4 Å². The lowest BCUT2D eigenvalue weighted by molar-refractivity contribution is 0.0960. The molecule has 5 rings (SSSR count). The summed E-state index contributed by atoms with van der Waals surface area (Å²) in [5.41, 5.74) is 1.37. The molecule has 0 radical (unpaired) electrons. The van der Waals surface area contributed by atoms with Crippen molar-refractivity contribution < 1.29 is 21.9 Å². The van der Waals surface area contributed by atoms with Gasteiger partial charge in [-0.25, -0.2) is 22.2 Å². The first-order valence-electron chi connectivity index (χ1n) is 12.1. The lowest BCUT2D eigenvalue weighted by Gasteiger charge is -2.30. The van der Waals surface area contributed by atoms with Gasteiger partial charge in [-0.05, 0) is 61.9 Å². The fourth-order valence-electron chi connectivity index (χ4n) is 4.88. The highest BCUT2D eigenvalue weighted by molar-refractivity contribution is 7.98. The van der Waals surface area contributed by atoms with Crippen LogP contribution in [0.15, 0.2) is 40.4 Å². The average Bonchev–Trinajstić information content (AvgIpc) is 3.49. The SMILES string of the molecule is C[C@H]1CCCN(S(=O)(=O)c2ccc3c(c2)nc(SCc2c(F)ccc(F)c2Cl)n3C[C@H]2CCCO2)C1. The average molecular weight is 556 g/mol. The summed E-state index contributed by atoms with van der Waals surface area (Å²) >= 11 is 7.26. The van der Waals surface area contributed by atoms with Gasteiger partial charge in [0.15, 0.2) is 5.16 Å². The van der Waals surface area contributed by atoms with Gasteiger partial charge in [-0.3, -0.25) is 0 Å². The van der Waals surface area contributed by atoms with Crippen LogP contribution in [0.3, 0.4) is 0 Å². The zero-order chi connectivity index (χ0) is 25.4. The Balaban J connectivity index is 1.49. The van der Waals surface area contributed by atoms with E-state index in [1.807, 2.05) is 4.57 Å². The number of thioether (sulfide) groups is 1. The molecule has 2 fully saturated rings. The first-order valence-corrected chi connectivity index (χ1v) is 14.9. The number of hydrogen-bond donors (Lipinski definition) is 0. The molecule has 0 N–H and O–H groups in total. The molecule has 0 bridgehead atoms. The van der Waals surface area contributed by atoms with Crippen molar-refractivity contribution in [1.29, 1.82) is 0 Å². The summed E-state index contributed by atoms with van der Waals surface area (Å²) in [6, 6.07) is 7.07. The zero-order valence-corrected chi connectivity index (χ0v) is 22.3. The smallest absolute Gasteiger partial charge is 0.243 e. The number of aromatic nitrogens is 2. The minimum atomic E-state index is -3.64. The standard InChI is InChI=1S/C25H28ClF2N3O3S2/c1-16-4-2-10-30(13-16)36(32,33)18-6-9-23-22(12-18)29-25(31(23)14-17-5-3-11-34-17)35-15-19-20(27)7-8-21(28)24(19)26/h6-9,12,16-17H,2-5,10-11,13-15H2,1H3/t16-,17+/m0/s1. The first-order chi connectivity index (χ1) is 17.2. The van der Waals surface area contributed by atoms with Crippen LogP contribution in [0, 0.1) is 17.6 Å². The largest absolute Gasteiger partial charge is 0.376 e. The van der Waals surface area contributed by atoms with Crippen molar-refractivity contribution in [3.63, 3.8) is 0 Å². The third-order valence-electron chi connectivity index (χ3n) is 6.84. The molecule has 0 amide bonds. The molecule has 36 heavy (non-hydrogen) atoms. The van der Waals surface area contributed by atoms with E-state index in [1.54, 1.807) is 22.5 Å². The predicted molar refractivity (Wildman–Crippen MR) is 137 cm³/mol. The lowest BCUT2D eigenvalue weighted by atomic mass is 10.0. The van der Waals surface area contributed by atoms with Crippen LogP contribution in [-0.4, -0.2) is 48.1 Å². The second-order valence-corrected chi connectivity index (χ2v) is 12.8. The van der Waals surface area contributed by atoms with Crippen molar-refractivity contribution in [3.05, 3.63) is 52.6 Å². The number of halogens is 3. The summed E-state index contributed by atoms with van der Waals surface area (Å²) < 4.78 is 64.3. The van der Waals surface area contributed by atoms with Crippen molar-refractivity contribution in [1.82, 2.24) is 13.9 Å². The number of hydrogen-bond acceptors (Lipinski definition) is 5. The van der Waals surface area contributed by atoms with Gasteiger partial charge in [-0.2, -0.15) is 4.31 Å². The fourth-order valence-corrected chi connectivity index (χ4v) is 7.84. The van der Waals surface area contributed by atoms with E-state index in [0.717, 1.165) is 43.3 Å². The lowest BCUT2D eigenvalue weighted by Crippen LogP contribution is -2.39. The van der Waals surface area contributed by atoms with E-state index in [4.69, 9.17) is 21.3 Å². The van der Waals surface area contributed by atoms with Gasteiger partial charge in [0.1, 0.15) is 11.6 Å². The maximum atomic E-state index is 14.4. The molecular weight excluding hydrogens is 528 g/mol. The molecule has 0 spiro atoms. The Kier molecular flexibility index (Phi) is 7.61. The van der Waals surface area contributed by atoms with Gasteiger partial charge < -0.3 is 9.30 Å². The number of piperidine rings is 1.